The number of hydrogen-bond donors (Lipinski definition) is 1. The predicted molar refractivity (Wildman–Crippen MR) is 53.7 cm³/mol. The Morgan fingerprint density at radius 3 is 2.75 bits per heavy atom. The molecule has 3 nitrogen and oxygen atoms in total. The van der Waals surface area contributed by atoms with Gasteiger partial charge in [0.15, 0.2) is 0 Å². The lowest BCUT2D eigenvalue weighted by Gasteiger charge is -1.98. The van der Waals surface area contributed by atoms with E-state index in [1.165, 1.54) is 18.4 Å². The highest BCUT2D eigenvalue weighted by Gasteiger charge is 2.09. The van der Waals surface area contributed by atoms with Crippen LogP contribution in [0.25, 0.3) is 0 Å². The van der Waals surface area contributed by atoms with Gasteiger partial charge < -0.3 is 0 Å². The molecule has 0 bridgehead atoms. The first-order chi connectivity index (χ1) is 5.53. The maximum Gasteiger partial charge on any atom is 0.215 e. The summed E-state index contributed by atoms with van der Waals surface area (Å²) < 4.78 is 25.3. The normalized spacial score (nSPS) is 11.8. The monoisotopic (exact) mass is 269 g/mol. The predicted octanol–water partition coefficient (Wildman–Crippen LogP) is 1.56. The average molecular weight is 270 g/mol. The van der Waals surface area contributed by atoms with Gasteiger partial charge in [0.25, 0.3) is 0 Å². The Hall–Kier alpha value is 0.0900. The molecule has 6 heteroatoms. The lowest BCUT2D eigenvalue weighted by Crippen LogP contribution is -2.19. The van der Waals surface area contributed by atoms with Crippen LogP contribution in [0.1, 0.15) is 5.56 Å². The van der Waals surface area contributed by atoms with E-state index in [-0.39, 0.29) is 5.75 Å². The fourth-order valence-electron chi connectivity index (χ4n) is 0.713. The van der Waals surface area contributed by atoms with Crippen molar-refractivity contribution in [3.8, 4) is 0 Å². The first kappa shape index (κ1) is 10.2. The SMILES string of the molecule is CNS(=O)(=O)Cc1csc(Br)c1. The largest absolute Gasteiger partial charge is 0.218 e. The summed E-state index contributed by atoms with van der Waals surface area (Å²) in [4.78, 5) is 0. The lowest BCUT2D eigenvalue weighted by atomic mass is 10.4. The lowest BCUT2D eigenvalue weighted by molar-refractivity contribution is 0.587. The van der Waals surface area contributed by atoms with Gasteiger partial charge in [-0.3, -0.25) is 0 Å². The molecule has 0 saturated carbocycles. The summed E-state index contributed by atoms with van der Waals surface area (Å²) in [5.74, 6) is 0.0472. The molecule has 1 aromatic rings. The van der Waals surface area contributed by atoms with Crippen LogP contribution in [-0.4, -0.2) is 15.5 Å². The number of thiophene rings is 1. The highest BCUT2D eigenvalue weighted by Crippen LogP contribution is 2.21. The number of halogens is 1. The zero-order valence-corrected chi connectivity index (χ0v) is 9.59. The molecule has 12 heavy (non-hydrogen) atoms. The van der Waals surface area contributed by atoms with Gasteiger partial charge in [-0.1, -0.05) is 0 Å². The molecule has 0 aliphatic carbocycles. The van der Waals surface area contributed by atoms with Crippen molar-refractivity contribution in [3.05, 3.63) is 20.8 Å². The van der Waals surface area contributed by atoms with E-state index in [1.54, 1.807) is 6.07 Å². The number of sulfonamides is 1. The van der Waals surface area contributed by atoms with Crippen molar-refractivity contribution in [1.82, 2.24) is 4.72 Å². The van der Waals surface area contributed by atoms with Crippen LogP contribution in [-0.2, 0) is 15.8 Å². The second-order valence-corrected chi connectivity index (χ2v) is 6.44. The van der Waals surface area contributed by atoms with E-state index in [0.717, 1.165) is 9.35 Å². The van der Waals surface area contributed by atoms with Gasteiger partial charge in [-0.25, -0.2) is 13.1 Å². The Bertz CT molecular complexity index is 357. The van der Waals surface area contributed by atoms with Gasteiger partial charge in [0.1, 0.15) is 0 Å². The molecule has 1 N–H and O–H groups in total. The van der Waals surface area contributed by atoms with Crippen LogP contribution in [0.4, 0.5) is 0 Å². The Balaban J connectivity index is 2.77. The second kappa shape index (κ2) is 3.87. The molecule has 0 unspecified atom stereocenters. The maximum absolute atomic E-state index is 11.1. The number of nitrogens with one attached hydrogen (secondary N) is 1. The van der Waals surface area contributed by atoms with Crippen molar-refractivity contribution < 1.29 is 8.42 Å². The van der Waals surface area contributed by atoms with Crippen LogP contribution in [0.15, 0.2) is 15.2 Å². The summed E-state index contributed by atoms with van der Waals surface area (Å²) in [5.41, 5.74) is 0.807. The van der Waals surface area contributed by atoms with Gasteiger partial charge in [0.2, 0.25) is 10.0 Å². The first-order valence-electron chi connectivity index (χ1n) is 3.17. The van der Waals surface area contributed by atoms with E-state index in [9.17, 15) is 8.42 Å². The highest BCUT2D eigenvalue weighted by molar-refractivity contribution is 9.11. The summed E-state index contributed by atoms with van der Waals surface area (Å²) in [7, 11) is -1.71. The number of hydrogen-bond acceptors (Lipinski definition) is 3. The van der Waals surface area contributed by atoms with Crippen LogP contribution in [0.2, 0.25) is 0 Å². The smallest absolute Gasteiger partial charge is 0.215 e. The van der Waals surface area contributed by atoms with Gasteiger partial charge in [0, 0.05) is 0 Å². The second-order valence-electron chi connectivity index (χ2n) is 2.22. The Kier molecular flexibility index (Phi) is 3.28. The van der Waals surface area contributed by atoms with E-state index in [0.29, 0.717) is 0 Å². The molecule has 0 amide bonds. The Morgan fingerprint density at radius 1 is 1.67 bits per heavy atom. The average Bonchev–Trinajstić information content (AvgIpc) is 2.35. The van der Waals surface area contributed by atoms with Gasteiger partial charge in [-0.2, -0.15) is 0 Å². The molecule has 68 valence electrons. The van der Waals surface area contributed by atoms with Gasteiger partial charge in [-0.05, 0) is 40.0 Å². The van der Waals surface area contributed by atoms with E-state index in [1.807, 2.05) is 5.38 Å². The minimum atomic E-state index is -3.12. The summed E-state index contributed by atoms with van der Waals surface area (Å²) in [6.45, 7) is 0. The van der Waals surface area contributed by atoms with Crippen molar-refractivity contribution in [2.75, 3.05) is 7.05 Å². The van der Waals surface area contributed by atoms with Crippen molar-refractivity contribution >= 4 is 37.3 Å². The molecule has 0 fully saturated rings. The summed E-state index contributed by atoms with van der Waals surface area (Å²) in [6.07, 6.45) is 0. The standard InChI is InChI=1S/C6H8BrNO2S2/c1-8-12(9,10)4-5-2-6(7)11-3-5/h2-3,8H,4H2,1H3. The maximum atomic E-state index is 11.1. The minimum absolute atomic E-state index is 0.0472. The van der Waals surface area contributed by atoms with Gasteiger partial charge in [0.05, 0.1) is 9.54 Å². The van der Waals surface area contributed by atoms with Crippen LogP contribution >= 0.6 is 27.3 Å². The third-order valence-corrected chi connectivity index (χ3v) is 4.18. The number of rotatable bonds is 3. The van der Waals surface area contributed by atoms with Crippen LogP contribution in [0.5, 0.6) is 0 Å². The molecule has 0 saturated heterocycles. The summed E-state index contributed by atoms with van der Waals surface area (Å²) >= 11 is 4.74. The quantitative estimate of drug-likeness (QED) is 0.906. The van der Waals surface area contributed by atoms with Crippen LogP contribution in [0, 0.1) is 0 Å². The van der Waals surface area contributed by atoms with Crippen molar-refractivity contribution in [2.45, 2.75) is 5.75 Å². The third-order valence-electron chi connectivity index (χ3n) is 1.29. The Labute approximate surface area is 84.0 Å². The Morgan fingerprint density at radius 2 is 2.33 bits per heavy atom. The molecule has 1 aromatic heterocycles. The van der Waals surface area contributed by atoms with E-state index < -0.39 is 10.0 Å². The molecular formula is C6H8BrNO2S2. The highest BCUT2D eigenvalue weighted by atomic mass is 79.9. The zero-order chi connectivity index (χ0) is 9.19. The van der Waals surface area contributed by atoms with E-state index >= 15 is 0 Å². The zero-order valence-electron chi connectivity index (χ0n) is 6.37. The molecule has 0 aliphatic rings. The van der Waals surface area contributed by atoms with Crippen LogP contribution in [0.3, 0.4) is 0 Å². The molecule has 1 heterocycles. The fraction of sp³-hybridized carbons (Fsp3) is 0.333. The first-order valence-corrected chi connectivity index (χ1v) is 6.50. The molecule has 0 aliphatic heterocycles. The molecular weight excluding hydrogens is 262 g/mol. The van der Waals surface area contributed by atoms with Crippen molar-refractivity contribution in [2.24, 2.45) is 0 Å². The van der Waals surface area contributed by atoms with E-state index in [4.69, 9.17) is 0 Å². The molecule has 1 rings (SSSR count). The van der Waals surface area contributed by atoms with Crippen molar-refractivity contribution in [1.29, 1.82) is 0 Å². The van der Waals surface area contributed by atoms with Crippen molar-refractivity contribution in [3.63, 3.8) is 0 Å². The molecule has 0 spiro atoms. The molecule has 0 atom stereocenters. The van der Waals surface area contributed by atoms with Crippen LogP contribution < -0.4 is 4.72 Å². The topological polar surface area (TPSA) is 46.2 Å². The summed E-state index contributed by atoms with van der Waals surface area (Å²) in [5, 5.41) is 1.82. The third kappa shape index (κ3) is 2.85. The van der Waals surface area contributed by atoms with Gasteiger partial charge in [-0.15, -0.1) is 11.3 Å². The minimum Gasteiger partial charge on any atom is -0.218 e. The van der Waals surface area contributed by atoms with Gasteiger partial charge >= 0.3 is 0 Å². The summed E-state index contributed by atoms with van der Waals surface area (Å²) in [6, 6.07) is 1.81. The molecule has 0 radical (unpaired) electrons. The molecule has 0 aromatic carbocycles. The fourth-order valence-corrected chi connectivity index (χ4v) is 2.78. The van der Waals surface area contributed by atoms with E-state index in [2.05, 4.69) is 20.7 Å².